The molecule has 0 radical (unpaired) electrons. The zero-order valence-electron chi connectivity index (χ0n) is 11.1. The maximum Gasteiger partial charge on any atom is 0.269 e. The molecule has 1 atom stereocenters. The van der Waals surface area contributed by atoms with Crippen molar-refractivity contribution < 1.29 is 9.72 Å². The number of hydrogen-bond acceptors (Lipinski definition) is 4. The Bertz CT molecular complexity index is 486. The molecule has 1 heterocycles. The molecule has 0 spiro atoms. The molecule has 6 nitrogen and oxygen atoms in total. The zero-order valence-corrected chi connectivity index (χ0v) is 11.1. The monoisotopic (exact) mass is 263 g/mol. The van der Waals surface area contributed by atoms with Crippen molar-refractivity contribution in [2.24, 2.45) is 0 Å². The topological polar surface area (TPSA) is 66.7 Å². The molecule has 1 saturated heterocycles. The molecule has 0 N–H and O–H groups in total. The van der Waals surface area contributed by atoms with Crippen molar-refractivity contribution >= 4 is 17.3 Å². The van der Waals surface area contributed by atoms with Gasteiger partial charge in [0.05, 0.1) is 11.0 Å². The number of nitro groups is 1. The summed E-state index contributed by atoms with van der Waals surface area (Å²) in [6.07, 6.45) is 0.924. The summed E-state index contributed by atoms with van der Waals surface area (Å²) >= 11 is 0. The number of nitrogens with zero attached hydrogens (tertiary/aromatic N) is 3. The lowest BCUT2D eigenvalue weighted by Gasteiger charge is -2.24. The van der Waals surface area contributed by atoms with E-state index in [4.69, 9.17) is 0 Å². The predicted molar refractivity (Wildman–Crippen MR) is 72.2 cm³/mol. The molecule has 1 amide bonds. The van der Waals surface area contributed by atoms with Crippen LogP contribution in [0.15, 0.2) is 24.3 Å². The second-order valence-corrected chi connectivity index (χ2v) is 4.79. The molecule has 1 aliphatic rings. The van der Waals surface area contributed by atoms with Crippen molar-refractivity contribution in [1.29, 1.82) is 0 Å². The van der Waals surface area contributed by atoms with E-state index in [1.54, 1.807) is 24.0 Å². The average molecular weight is 263 g/mol. The van der Waals surface area contributed by atoms with Gasteiger partial charge in [-0.15, -0.1) is 0 Å². The minimum atomic E-state index is -0.403. The molecule has 2 rings (SSSR count). The van der Waals surface area contributed by atoms with Crippen molar-refractivity contribution in [1.82, 2.24) is 4.90 Å². The van der Waals surface area contributed by atoms with Gasteiger partial charge >= 0.3 is 0 Å². The molecule has 1 aromatic carbocycles. The second-order valence-electron chi connectivity index (χ2n) is 4.79. The van der Waals surface area contributed by atoms with Crippen LogP contribution in [0.2, 0.25) is 0 Å². The Morgan fingerprint density at radius 1 is 1.42 bits per heavy atom. The summed E-state index contributed by atoms with van der Waals surface area (Å²) in [6, 6.07) is 6.75. The third-order valence-corrected chi connectivity index (χ3v) is 3.63. The van der Waals surface area contributed by atoms with E-state index in [0.717, 1.165) is 25.2 Å². The van der Waals surface area contributed by atoms with Crippen LogP contribution >= 0.6 is 0 Å². The molecule has 6 heteroatoms. The van der Waals surface area contributed by atoms with Crippen LogP contribution in [-0.2, 0) is 4.79 Å². The molecule has 19 heavy (non-hydrogen) atoms. The Morgan fingerprint density at radius 2 is 2.05 bits per heavy atom. The molecular formula is C13H17N3O3. The van der Waals surface area contributed by atoms with Gasteiger partial charge in [0.25, 0.3) is 5.69 Å². The number of likely N-dealkylation sites (N-methyl/N-ethyl adjacent to an activating group) is 1. The zero-order chi connectivity index (χ0) is 14.0. The van der Waals surface area contributed by atoms with E-state index in [1.807, 2.05) is 7.05 Å². The highest BCUT2D eigenvalue weighted by Crippen LogP contribution is 2.24. The molecule has 0 unspecified atom stereocenters. The number of carbonyl (C=O) groups is 1. The first-order valence-corrected chi connectivity index (χ1v) is 6.22. The highest BCUT2D eigenvalue weighted by molar-refractivity contribution is 5.73. The molecule has 1 aliphatic heterocycles. The lowest BCUT2D eigenvalue weighted by Crippen LogP contribution is -2.37. The van der Waals surface area contributed by atoms with Gasteiger partial charge in [-0.2, -0.15) is 0 Å². The lowest BCUT2D eigenvalue weighted by molar-refractivity contribution is -0.384. The fourth-order valence-electron chi connectivity index (χ4n) is 2.33. The maximum absolute atomic E-state index is 11.3. The van der Waals surface area contributed by atoms with Crippen LogP contribution < -0.4 is 4.90 Å². The summed E-state index contributed by atoms with van der Waals surface area (Å²) in [5, 5.41) is 10.6. The van der Waals surface area contributed by atoms with Gasteiger partial charge in [0.15, 0.2) is 0 Å². The van der Waals surface area contributed by atoms with E-state index in [1.165, 1.54) is 12.1 Å². The number of nitro benzene ring substituents is 1. The van der Waals surface area contributed by atoms with Gasteiger partial charge in [-0.05, 0) is 18.6 Å². The van der Waals surface area contributed by atoms with Gasteiger partial charge in [-0.25, -0.2) is 0 Å². The van der Waals surface area contributed by atoms with Gasteiger partial charge in [-0.3, -0.25) is 14.9 Å². The largest absolute Gasteiger partial charge is 0.369 e. The number of non-ortho nitro benzene ring substituents is 1. The Kier molecular flexibility index (Phi) is 3.69. The van der Waals surface area contributed by atoms with Crippen LogP contribution in [0, 0.1) is 10.1 Å². The molecule has 0 aliphatic carbocycles. The summed E-state index contributed by atoms with van der Waals surface area (Å²) in [4.78, 5) is 25.4. The van der Waals surface area contributed by atoms with Crippen LogP contribution in [0.4, 0.5) is 11.4 Å². The molecule has 0 aromatic heterocycles. The number of anilines is 1. The number of hydrogen-bond donors (Lipinski definition) is 0. The highest BCUT2D eigenvalue weighted by atomic mass is 16.6. The van der Waals surface area contributed by atoms with Crippen molar-refractivity contribution in [3.63, 3.8) is 0 Å². The number of rotatable bonds is 3. The third-order valence-electron chi connectivity index (χ3n) is 3.63. The smallest absolute Gasteiger partial charge is 0.269 e. The average Bonchev–Trinajstić information content (AvgIpc) is 2.87. The Balaban J connectivity index is 2.04. The summed E-state index contributed by atoms with van der Waals surface area (Å²) in [5.74, 6) is 0.0653. The van der Waals surface area contributed by atoms with Crippen molar-refractivity contribution in [3.05, 3.63) is 34.4 Å². The molecule has 0 saturated carbocycles. The minimum Gasteiger partial charge on any atom is -0.369 e. The quantitative estimate of drug-likeness (QED) is 0.614. The fourth-order valence-corrected chi connectivity index (χ4v) is 2.33. The van der Waals surface area contributed by atoms with Crippen LogP contribution in [0.5, 0.6) is 0 Å². The van der Waals surface area contributed by atoms with Gasteiger partial charge in [0, 0.05) is 44.9 Å². The van der Waals surface area contributed by atoms with E-state index in [-0.39, 0.29) is 17.6 Å². The van der Waals surface area contributed by atoms with Crippen LogP contribution in [0.25, 0.3) is 0 Å². The molecular weight excluding hydrogens is 246 g/mol. The number of carbonyl (C=O) groups excluding carboxylic acids is 1. The predicted octanol–water partition coefficient (Wildman–Crippen LogP) is 1.65. The van der Waals surface area contributed by atoms with Gasteiger partial charge in [-0.1, -0.05) is 0 Å². The van der Waals surface area contributed by atoms with Crippen LogP contribution in [0.1, 0.15) is 13.3 Å². The second kappa shape index (κ2) is 5.26. The SMILES string of the molecule is CC(=O)N(C)[C@@H]1CCN(c2ccc([N+](=O)[O-])cc2)C1. The maximum atomic E-state index is 11.3. The number of amides is 1. The highest BCUT2D eigenvalue weighted by Gasteiger charge is 2.27. The minimum absolute atomic E-state index is 0.0653. The summed E-state index contributed by atoms with van der Waals surface area (Å²) in [6.45, 7) is 3.20. The van der Waals surface area contributed by atoms with E-state index >= 15 is 0 Å². The van der Waals surface area contributed by atoms with E-state index in [0.29, 0.717) is 0 Å². The van der Waals surface area contributed by atoms with Crippen molar-refractivity contribution in [2.45, 2.75) is 19.4 Å². The van der Waals surface area contributed by atoms with Gasteiger partial charge in [0.1, 0.15) is 0 Å². The third kappa shape index (κ3) is 2.83. The van der Waals surface area contributed by atoms with Gasteiger partial charge < -0.3 is 9.80 Å². The summed E-state index contributed by atoms with van der Waals surface area (Å²) in [7, 11) is 1.81. The Labute approximate surface area is 111 Å². The summed E-state index contributed by atoms with van der Waals surface area (Å²) in [5.41, 5.74) is 1.06. The van der Waals surface area contributed by atoms with Crippen molar-refractivity contribution in [3.8, 4) is 0 Å². The Morgan fingerprint density at radius 3 is 2.58 bits per heavy atom. The van der Waals surface area contributed by atoms with E-state index in [2.05, 4.69) is 4.90 Å². The van der Waals surface area contributed by atoms with Crippen molar-refractivity contribution in [2.75, 3.05) is 25.0 Å². The summed E-state index contributed by atoms with van der Waals surface area (Å²) < 4.78 is 0. The first-order chi connectivity index (χ1) is 8.99. The van der Waals surface area contributed by atoms with Crippen LogP contribution in [-0.4, -0.2) is 41.9 Å². The Hall–Kier alpha value is -2.11. The lowest BCUT2D eigenvalue weighted by atomic mass is 10.2. The number of benzene rings is 1. The normalized spacial score (nSPS) is 18.4. The first-order valence-electron chi connectivity index (χ1n) is 6.22. The van der Waals surface area contributed by atoms with Gasteiger partial charge in [0.2, 0.25) is 5.91 Å². The van der Waals surface area contributed by atoms with Crippen LogP contribution in [0.3, 0.4) is 0 Å². The molecule has 1 aromatic rings. The molecule has 102 valence electrons. The first kappa shape index (κ1) is 13.3. The molecule has 1 fully saturated rings. The fraction of sp³-hybridized carbons (Fsp3) is 0.462. The van der Waals surface area contributed by atoms with E-state index < -0.39 is 4.92 Å². The molecule has 0 bridgehead atoms. The van der Waals surface area contributed by atoms with E-state index in [9.17, 15) is 14.9 Å². The standard InChI is InChI=1S/C13H17N3O3/c1-10(17)14(2)13-7-8-15(9-13)11-3-5-12(6-4-11)16(18)19/h3-6,13H,7-9H2,1-2H3/t13-/m1/s1.